The van der Waals surface area contributed by atoms with Crippen LogP contribution in [0.1, 0.15) is 43.9 Å². The number of ketones is 1. The Hall–Kier alpha value is -2.29. The molecule has 4 heteroatoms. The van der Waals surface area contributed by atoms with Crippen molar-refractivity contribution < 1.29 is 4.79 Å². The van der Waals surface area contributed by atoms with Crippen molar-refractivity contribution in [1.82, 2.24) is 0 Å². The zero-order valence-electron chi connectivity index (χ0n) is 16.4. The molecule has 0 saturated heterocycles. The lowest BCUT2D eigenvalue weighted by Gasteiger charge is -2.40. The SMILES string of the molecule is CC1(C)CC(=O)C2=C(C1)C(c1ccc(Cl)cc1Cl)Nc1ccc3ccccc3c12. The predicted octanol–water partition coefficient (Wildman–Crippen LogP) is 7.46. The normalized spacial score (nSPS) is 20.3. The van der Waals surface area contributed by atoms with Gasteiger partial charge in [-0.25, -0.2) is 0 Å². The van der Waals surface area contributed by atoms with Crippen LogP contribution in [0.4, 0.5) is 5.69 Å². The summed E-state index contributed by atoms with van der Waals surface area (Å²) in [6.45, 7) is 4.32. The highest BCUT2D eigenvalue weighted by molar-refractivity contribution is 6.35. The third-order valence-corrected chi connectivity index (χ3v) is 6.57. The third-order valence-electron chi connectivity index (χ3n) is 6.01. The Morgan fingerprint density at radius 1 is 1.00 bits per heavy atom. The third kappa shape index (κ3) is 3.06. The van der Waals surface area contributed by atoms with Crippen molar-refractivity contribution >= 4 is 51.0 Å². The number of carbonyl (C=O) groups is 1. The first-order chi connectivity index (χ1) is 13.8. The van der Waals surface area contributed by atoms with Crippen molar-refractivity contribution in [2.24, 2.45) is 5.41 Å². The molecule has 2 nitrogen and oxygen atoms in total. The van der Waals surface area contributed by atoms with Crippen LogP contribution in [0, 0.1) is 5.41 Å². The summed E-state index contributed by atoms with van der Waals surface area (Å²) in [7, 11) is 0. The first kappa shape index (κ1) is 18.7. The lowest BCUT2D eigenvalue weighted by molar-refractivity contribution is -0.116. The minimum atomic E-state index is -0.146. The predicted molar refractivity (Wildman–Crippen MR) is 122 cm³/mol. The summed E-state index contributed by atoms with van der Waals surface area (Å²) in [4.78, 5) is 13.4. The molecule has 1 aliphatic heterocycles. The van der Waals surface area contributed by atoms with E-state index in [1.807, 2.05) is 24.3 Å². The fraction of sp³-hybridized carbons (Fsp3) is 0.240. The molecule has 3 aromatic rings. The Labute approximate surface area is 180 Å². The molecule has 5 rings (SSSR count). The number of hydrogen-bond acceptors (Lipinski definition) is 2. The van der Waals surface area contributed by atoms with Gasteiger partial charge in [-0.05, 0) is 51.9 Å². The quantitative estimate of drug-likeness (QED) is 0.441. The molecule has 0 bridgehead atoms. The van der Waals surface area contributed by atoms with Gasteiger partial charge >= 0.3 is 0 Å². The van der Waals surface area contributed by atoms with E-state index in [1.165, 1.54) is 0 Å². The number of nitrogens with one attached hydrogen (secondary N) is 1. The maximum absolute atomic E-state index is 13.4. The maximum Gasteiger partial charge on any atom is 0.164 e. The molecule has 1 atom stereocenters. The summed E-state index contributed by atoms with van der Waals surface area (Å²) in [5.41, 5.74) is 4.86. The Bertz CT molecular complexity index is 1210. The maximum atomic E-state index is 13.4. The number of hydrogen-bond donors (Lipinski definition) is 1. The molecule has 0 aromatic heterocycles. The van der Waals surface area contributed by atoms with Crippen LogP contribution >= 0.6 is 23.2 Å². The molecule has 1 unspecified atom stereocenters. The highest BCUT2D eigenvalue weighted by Gasteiger charge is 2.41. The molecular weight excluding hydrogens is 401 g/mol. The number of benzene rings is 3. The molecular formula is C25H21Cl2NO. The van der Waals surface area contributed by atoms with Gasteiger partial charge in [0.05, 0.1) is 6.04 Å². The van der Waals surface area contributed by atoms with E-state index >= 15 is 0 Å². The average Bonchev–Trinajstić information content (AvgIpc) is 2.66. The van der Waals surface area contributed by atoms with E-state index in [4.69, 9.17) is 23.2 Å². The second-order valence-corrected chi connectivity index (χ2v) is 9.64. The molecule has 1 heterocycles. The standard InChI is InChI=1S/C25H21Cl2NO/c1-25(2)12-18-23(21(29)13-25)22-16-6-4-3-5-14(16)7-10-20(22)28-24(18)17-9-8-15(26)11-19(17)27/h3-11,24,28H,12-13H2,1-2H3. The monoisotopic (exact) mass is 421 g/mol. The number of Topliss-reactive ketones (excluding diaryl/α,β-unsaturated/α-hetero) is 1. The van der Waals surface area contributed by atoms with E-state index in [0.717, 1.165) is 45.2 Å². The van der Waals surface area contributed by atoms with Gasteiger partial charge < -0.3 is 5.32 Å². The van der Waals surface area contributed by atoms with Gasteiger partial charge in [-0.2, -0.15) is 0 Å². The molecule has 146 valence electrons. The zero-order valence-corrected chi connectivity index (χ0v) is 17.9. The summed E-state index contributed by atoms with van der Waals surface area (Å²) in [5.74, 6) is 0.213. The van der Waals surface area contributed by atoms with E-state index in [-0.39, 0.29) is 17.2 Å². The summed E-state index contributed by atoms with van der Waals surface area (Å²) in [6.07, 6.45) is 1.39. The topological polar surface area (TPSA) is 29.1 Å². The summed E-state index contributed by atoms with van der Waals surface area (Å²) in [6, 6.07) is 17.9. The largest absolute Gasteiger partial charge is 0.374 e. The van der Waals surface area contributed by atoms with Crippen molar-refractivity contribution in [3.8, 4) is 0 Å². The first-order valence-corrected chi connectivity index (χ1v) is 10.6. The number of carbonyl (C=O) groups excluding carboxylic acids is 1. The smallest absolute Gasteiger partial charge is 0.164 e. The molecule has 0 saturated carbocycles. The molecule has 0 amide bonds. The van der Waals surface area contributed by atoms with E-state index in [2.05, 4.69) is 43.4 Å². The van der Waals surface area contributed by atoms with E-state index < -0.39 is 0 Å². The summed E-state index contributed by atoms with van der Waals surface area (Å²) < 4.78 is 0. The Morgan fingerprint density at radius 3 is 2.59 bits per heavy atom. The summed E-state index contributed by atoms with van der Waals surface area (Å²) >= 11 is 12.7. The van der Waals surface area contributed by atoms with E-state index in [1.54, 1.807) is 6.07 Å². The van der Waals surface area contributed by atoms with Crippen molar-refractivity contribution in [2.45, 2.75) is 32.7 Å². The number of fused-ring (bicyclic) bond motifs is 4. The van der Waals surface area contributed by atoms with Gasteiger partial charge in [0.2, 0.25) is 0 Å². The molecule has 0 radical (unpaired) electrons. The lowest BCUT2D eigenvalue weighted by Crippen LogP contribution is -2.32. The molecule has 1 aliphatic carbocycles. The van der Waals surface area contributed by atoms with Gasteiger partial charge in [-0.15, -0.1) is 0 Å². The highest BCUT2D eigenvalue weighted by Crippen LogP contribution is 2.52. The fourth-order valence-electron chi connectivity index (χ4n) is 4.82. The minimum Gasteiger partial charge on any atom is -0.374 e. The van der Waals surface area contributed by atoms with Crippen LogP contribution < -0.4 is 5.32 Å². The fourth-order valence-corrected chi connectivity index (χ4v) is 5.34. The van der Waals surface area contributed by atoms with Crippen LogP contribution in [-0.2, 0) is 4.79 Å². The van der Waals surface area contributed by atoms with Crippen molar-refractivity contribution in [1.29, 1.82) is 0 Å². The molecule has 1 N–H and O–H groups in total. The Balaban J connectivity index is 1.81. The first-order valence-electron chi connectivity index (χ1n) is 9.84. The van der Waals surface area contributed by atoms with E-state index in [0.29, 0.717) is 16.5 Å². The highest BCUT2D eigenvalue weighted by atomic mass is 35.5. The number of anilines is 1. The second kappa shape index (κ2) is 6.62. The molecule has 29 heavy (non-hydrogen) atoms. The van der Waals surface area contributed by atoms with Gasteiger partial charge in [0, 0.05) is 33.3 Å². The Kier molecular flexibility index (Phi) is 4.27. The van der Waals surface area contributed by atoms with Gasteiger partial charge in [0.1, 0.15) is 0 Å². The van der Waals surface area contributed by atoms with Crippen LogP contribution in [0.3, 0.4) is 0 Å². The van der Waals surface area contributed by atoms with Crippen molar-refractivity contribution in [3.05, 3.63) is 81.3 Å². The van der Waals surface area contributed by atoms with Crippen molar-refractivity contribution in [3.63, 3.8) is 0 Å². The lowest BCUT2D eigenvalue weighted by atomic mass is 9.68. The van der Waals surface area contributed by atoms with Crippen LogP contribution in [0.25, 0.3) is 16.3 Å². The molecule has 0 spiro atoms. The average molecular weight is 422 g/mol. The zero-order chi connectivity index (χ0) is 20.3. The van der Waals surface area contributed by atoms with Gasteiger partial charge in [-0.1, -0.05) is 73.4 Å². The molecule has 0 fully saturated rings. The number of allylic oxidation sites excluding steroid dienone is 1. The minimum absolute atomic E-state index is 0.0865. The summed E-state index contributed by atoms with van der Waals surface area (Å²) in [5, 5.41) is 7.15. The Morgan fingerprint density at radius 2 is 1.79 bits per heavy atom. The molecule has 2 aliphatic rings. The second-order valence-electron chi connectivity index (χ2n) is 8.79. The number of halogens is 2. The molecule has 3 aromatic carbocycles. The number of rotatable bonds is 1. The van der Waals surface area contributed by atoms with Crippen LogP contribution in [0.2, 0.25) is 10.0 Å². The van der Waals surface area contributed by atoms with Gasteiger partial charge in [-0.3, -0.25) is 4.79 Å². The van der Waals surface area contributed by atoms with E-state index in [9.17, 15) is 4.79 Å². The van der Waals surface area contributed by atoms with Crippen LogP contribution in [0.5, 0.6) is 0 Å². The van der Waals surface area contributed by atoms with Gasteiger partial charge in [0.25, 0.3) is 0 Å². The van der Waals surface area contributed by atoms with Crippen molar-refractivity contribution in [2.75, 3.05) is 5.32 Å². The van der Waals surface area contributed by atoms with Crippen LogP contribution in [0.15, 0.2) is 60.2 Å². The van der Waals surface area contributed by atoms with Crippen LogP contribution in [-0.4, -0.2) is 5.78 Å². The van der Waals surface area contributed by atoms with Gasteiger partial charge in [0.15, 0.2) is 5.78 Å².